The predicted octanol–water partition coefficient (Wildman–Crippen LogP) is 4.99. The lowest BCUT2D eigenvalue weighted by molar-refractivity contribution is -0.122. The van der Waals surface area contributed by atoms with Gasteiger partial charge in [-0.3, -0.25) is 14.9 Å². The lowest BCUT2D eigenvalue weighted by Gasteiger charge is -2.26. The highest BCUT2D eigenvalue weighted by molar-refractivity contribution is 6.39. The van der Waals surface area contributed by atoms with Crippen LogP contribution in [-0.4, -0.2) is 31.1 Å². The Balaban J connectivity index is 1.44. The molecular weight excluding hydrogens is 456 g/mol. The fourth-order valence-corrected chi connectivity index (χ4v) is 3.95. The molecule has 1 fully saturated rings. The van der Waals surface area contributed by atoms with Crippen molar-refractivity contribution in [3.8, 4) is 11.5 Å². The summed E-state index contributed by atoms with van der Waals surface area (Å²) in [5.41, 5.74) is 4.11. The van der Waals surface area contributed by atoms with E-state index in [0.29, 0.717) is 30.2 Å². The van der Waals surface area contributed by atoms with Crippen LogP contribution in [0.15, 0.2) is 72.3 Å². The third kappa shape index (κ3) is 5.81. The van der Waals surface area contributed by atoms with Crippen LogP contribution in [0.2, 0.25) is 0 Å². The van der Waals surface area contributed by atoms with Gasteiger partial charge in [0.05, 0.1) is 5.69 Å². The van der Waals surface area contributed by atoms with E-state index in [1.807, 2.05) is 32.0 Å². The zero-order valence-corrected chi connectivity index (χ0v) is 20.5. The maximum absolute atomic E-state index is 13.1. The summed E-state index contributed by atoms with van der Waals surface area (Å²) >= 11 is 0. The maximum Gasteiger partial charge on any atom is 0.335 e. The average molecular weight is 485 g/mol. The molecule has 1 heterocycles. The van der Waals surface area contributed by atoms with Crippen LogP contribution < -0.4 is 19.7 Å². The Bertz CT molecular complexity index is 1340. The normalized spacial score (nSPS) is 14.7. The Morgan fingerprint density at radius 2 is 1.58 bits per heavy atom. The third-order valence-corrected chi connectivity index (χ3v) is 5.67. The second kappa shape index (κ2) is 10.9. The molecule has 1 aliphatic rings. The fraction of sp³-hybridized carbons (Fsp3) is 0.207. The van der Waals surface area contributed by atoms with Gasteiger partial charge in [0.15, 0.2) is 0 Å². The molecule has 7 heteroatoms. The SMILES string of the molecule is CCc1cc(C)cc(OCCOc2cccc(/C=C3/C(=O)NC(=O)N(c4cccc(C)c4)C3=O)c2)c1. The van der Waals surface area contributed by atoms with Gasteiger partial charge < -0.3 is 9.47 Å². The van der Waals surface area contributed by atoms with E-state index in [-0.39, 0.29) is 5.57 Å². The molecule has 0 bridgehead atoms. The van der Waals surface area contributed by atoms with E-state index in [1.165, 1.54) is 11.6 Å². The van der Waals surface area contributed by atoms with E-state index in [2.05, 4.69) is 18.3 Å². The molecule has 36 heavy (non-hydrogen) atoms. The molecule has 1 N–H and O–H groups in total. The number of ether oxygens (including phenoxy) is 2. The van der Waals surface area contributed by atoms with Crippen LogP contribution in [-0.2, 0) is 16.0 Å². The monoisotopic (exact) mass is 484 g/mol. The Kier molecular flexibility index (Phi) is 7.49. The summed E-state index contributed by atoms with van der Waals surface area (Å²) in [6, 6.07) is 19.4. The number of hydrogen-bond donors (Lipinski definition) is 1. The zero-order chi connectivity index (χ0) is 25.7. The second-order valence-electron chi connectivity index (χ2n) is 8.57. The van der Waals surface area contributed by atoms with Gasteiger partial charge in [0, 0.05) is 0 Å². The van der Waals surface area contributed by atoms with Gasteiger partial charge in [0.25, 0.3) is 11.8 Å². The number of carbonyl (C=O) groups excluding carboxylic acids is 3. The molecule has 1 saturated heterocycles. The van der Waals surface area contributed by atoms with E-state index in [9.17, 15) is 14.4 Å². The predicted molar refractivity (Wildman–Crippen MR) is 138 cm³/mol. The lowest BCUT2D eigenvalue weighted by atomic mass is 10.1. The summed E-state index contributed by atoms with van der Waals surface area (Å²) in [5, 5.41) is 2.24. The van der Waals surface area contributed by atoms with E-state index in [0.717, 1.165) is 28.2 Å². The van der Waals surface area contributed by atoms with Crippen LogP contribution in [0.1, 0.15) is 29.2 Å². The van der Waals surface area contributed by atoms with Crippen molar-refractivity contribution in [1.29, 1.82) is 0 Å². The van der Waals surface area contributed by atoms with Crippen LogP contribution in [0.25, 0.3) is 6.08 Å². The van der Waals surface area contributed by atoms with Crippen molar-refractivity contribution >= 4 is 29.6 Å². The number of anilines is 1. The van der Waals surface area contributed by atoms with Crippen LogP contribution in [0.4, 0.5) is 10.5 Å². The van der Waals surface area contributed by atoms with Crippen molar-refractivity contribution in [1.82, 2.24) is 5.32 Å². The first kappa shape index (κ1) is 24.7. The van der Waals surface area contributed by atoms with Gasteiger partial charge in [0.1, 0.15) is 30.3 Å². The van der Waals surface area contributed by atoms with Crippen LogP contribution in [0, 0.1) is 13.8 Å². The van der Waals surface area contributed by atoms with Crippen LogP contribution >= 0.6 is 0 Å². The minimum atomic E-state index is -0.774. The quantitative estimate of drug-likeness (QED) is 0.277. The number of nitrogens with one attached hydrogen (secondary N) is 1. The van der Waals surface area contributed by atoms with E-state index in [4.69, 9.17) is 9.47 Å². The molecule has 3 aromatic rings. The number of rotatable bonds is 8. The first-order chi connectivity index (χ1) is 17.3. The molecule has 0 unspecified atom stereocenters. The van der Waals surface area contributed by atoms with Gasteiger partial charge in [-0.25, -0.2) is 9.69 Å². The smallest absolute Gasteiger partial charge is 0.335 e. The molecule has 4 rings (SSSR count). The number of imide groups is 2. The first-order valence-electron chi connectivity index (χ1n) is 11.8. The van der Waals surface area contributed by atoms with Crippen LogP contribution in [0.5, 0.6) is 11.5 Å². The lowest BCUT2D eigenvalue weighted by Crippen LogP contribution is -2.54. The minimum Gasteiger partial charge on any atom is -0.490 e. The summed E-state index contributed by atoms with van der Waals surface area (Å²) in [4.78, 5) is 38.9. The summed E-state index contributed by atoms with van der Waals surface area (Å²) in [6.07, 6.45) is 2.39. The molecule has 4 amide bonds. The molecule has 7 nitrogen and oxygen atoms in total. The molecule has 3 aromatic carbocycles. The number of aryl methyl sites for hydroxylation is 3. The highest BCUT2D eigenvalue weighted by Crippen LogP contribution is 2.24. The van der Waals surface area contributed by atoms with Crippen molar-refractivity contribution in [2.24, 2.45) is 0 Å². The van der Waals surface area contributed by atoms with Crippen LogP contribution in [0.3, 0.4) is 0 Å². The first-order valence-corrected chi connectivity index (χ1v) is 11.8. The summed E-state index contributed by atoms with van der Waals surface area (Å²) in [6.45, 7) is 6.69. The number of hydrogen-bond acceptors (Lipinski definition) is 5. The fourth-order valence-electron chi connectivity index (χ4n) is 3.95. The van der Waals surface area contributed by atoms with Crippen molar-refractivity contribution in [3.63, 3.8) is 0 Å². The van der Waals surface area contributed by atoms with Gasteiger partial charge in [-0.15, -0.1) is 0 Å². The Morgan fingerprint density at radius 1 is 0.833 bits per heavy atom. The molecule has 0 aliphatic carbocycles. The minimum absolute atomic E-state index is 0.136. The van der Waals surface area contributed by atoms with Gasteiger partial charge in [0.2, 0.25) is 0 Å². The molecule has 1 aliphatic heterocycles. The van der Waals surface area contributed by atoms with Crippen molar-refractivity contribution < 1.29 is 23.9 Å². The molecule has 0 atom stereocenters. The van der Waals surface area contributed by atoms with E-state index in [1.54, 1.807) is 42.5 Å². The molecule has 0 spiro atoms. The van der Waals surface area contributed by atoms with Gasteiger partial charge in [-0.1, -0.05) is 37.3 Å². The van der Waals surface area contributed by atoms with Crippen molar-refractivity contribution in [2.45, 2.75) is 27.2 Å². The number of barbiturate groups is 1. The highest BCUT2D eigenvalue weighted by Gasteiger charge is 2.36. The van der Waals surface area contributed by atoms with Crippen molar-refractivity contribution in [3.05, 3.63) is 94.6 Å². The largest absolute Gasteiger partial charge is 0.490 e. The standard InChI is InChI=1S/C29H28N2O5/c1-4-21-13-20(3)15-25(16-21)36-12-11-35-24-10-6-8-22(17-24)18-26-27(32)30-29(34)31(28(26)33)23-9-5-7-19(2)14-23/h5-10,13-18H,4,11-12H2,1-3H3,(H,30,32,34)/b26-18-. The topological polar surface area (TPSA) is 84.9 Å². The third-order valence-electron chi connectivity index (χ3n) is 5.67. The Labute approximate surface area is 210 Å². The van der Waals surface area contributed by atoms with E-state index >= 15 is 0 Å². The highest BCUT2D eigenvalue weighted by atomic mass is 16.5. The molecule has 0 radical (unpaired) electrons. The van der Waals surface area contributed by atoms with Crippen molar-refractivity contribution in [2.75, 3.05) is 18.1 Å². The summed E-state index contributed by atoms with van der Waals surface area (Å²) in [5.74, 6) is -0.0397. The number of carbonyl (C=O) groups is 3. The molecule has 0 saturated carbocycles. The van der Waals surface area contributed by atoms with E-state index < -0.39 is 17.8 Å². The summed E-state index contributed by atoms with van der Waals surface area (Å²) in [7, 11) is 0. The number of urea groups is 1. The Hall–Kier alpha value is -4.39. The molecule has 184 valence electrons. The zero-order valence-electron chi connectivity index (χ0n) is 20.5. The van der Waals surface area contributed by atoms with Gasteiger partial charge >= 0.3 is 6.03 Å². The average Bonchev–Trinajstić information content (AvgIpc) is 2.84. The second-order valence-corrected chi connectivity index (χ2v) is 8.57. The van der Waals surface area contributed by atoms with Gasteiger partial charge in [-0.2, -0.15) is 0 Å². The van der Waals surface area contributed by atoms with Gasteiger partial charge in [-0.05, 0) is 85.0 Å². The number of benzene rings is 3. The summed E-state index contributed by atoms with van der Waals surface area (Å²) < 4.78 is 11.6. The molecule has 0 aromatic heterocycles. The molecular formula is C29H28N2O5. The Morgan fingerprint density at radius 3 is 2.33 bits per heavy atom. The number of nitrogens with zero attached hydrogens (tertiary/aromatic N) is 1. The number of amides is 4. The maximum atomic E-state index is 13.1.